The Morgan fingerprint density at radius 1 is 1.07 bits per heavy atom. The van der Waals surface area contributed by atoms with Gasteiger partial charge in [-0.2, -0.15) is 0 Å². The van der Waals surface area contributed by atoms with E-state index < -0.39 is 0 Å². The fraction of sp³-hybridized carbons (Fsp3) is 0.0500. The first-order valence-electron chi connectivity index (χ1n) is 8.40. The molecule has 1 amide bonds. The maximum atomic E-state index is 12.4. The summed E-state index contributed by atoms with van der Waals surface area (Å²) >= 11 is 0. The third-order valence-corrected chi connectivity index (χ3v) is 4.29. The number of aromatic nitrogens is 3. The molecule has 0 radical (unpaired) electrons. The molecule has 0 spiro atoms. The van der Waals surface area contributed by atoms with Crippen LogP contribution in [0.1, 0.15) is 15.9 Å². The predicted octanol–water partition coefficient (Wildman–Crippen LogP) is 2.61. The highest BCUT2D eigenvalue weighted by molar-refractivity contribution is 6.05. The van der Waals surface area contributed by atoms with E-state index in [1.165, 1.54) is 0 Å². The van der Waals surface area contributed by atoms with Crippen LogP contribution in [0.4, 0.5) is 11.4 Å². The summed E-state index contributed by atoms with van der Waals surface area (Å²) in [5.41, 5.74) is 9.40. The van der Waals surface area contributed by atoms with Crippen molar-refractivity contribution < 1.29 is 4.79 Å². The molecule has 0 fully saturated rings. The van der Waals surface area contributed by atoms with Gasteiger partial charge in [-0.1, -0.05) is 24.3 Å². The van der Waals surface area contributed by atoms with Crippen molar-refractivity contribution in [3.05, 3.63) is 88.5 Å². The van der Waals surface area contributed by atoms with Gasteiger partial charge in [0.1, 0.15) is 0 Å². The molecule has 4 rings (SSSR count). The van der Waals surface area contributed by atoms with Gasteiger partial charge in [-0.3, -0.25) is 9.36 Å². The zero-order valence-electron chi connectivity index (χ0n) is 14.3. The van der Waals surface area contributed by atoms with Crippen molar-refractivity contribution in [1.29, 1.82) is 0 Å². The van der Waals surface area contributed by atoms with Crippen molar-refractivity contribution in [3.8, 4) is 0 Å². The summed E-state index contributed by atoms with van der Waals surface area (Å²) in [7, 11) is 0. The molecule has 2 aromatic heterocycles. The van der Waals surface area contributed by atoms with Crippen molar-refractivity contribution >= 4 is 28.4 Å². The predicted molar refractivity (Wildman–Crippen MR) is 105 cm³/mol. The van der Waals surface area contributed by atoms with E-state index in [0.29, 0.717) is 34.6 Å². The Kier molecular flexibility index (Phi) is 4.18. The van der Waals surface area contributed by atoms with E-state index in [9.17, 15) is 9.59 Å². The summed E-state index contributed by atoms with van der Waals surface area (Å²) in [4.78, 5) is 31.6. The Labute approximate surface area is 154 Å². The molecule has 0 saturated carbocycles. The number of rotatable bonds is 4. The zero-order chi connectivity index (χ0) is 18.8. The van der Waals surface area contributed by atoms with Crippen LogP contribution in [0.2, 0.25) is 0 Å². The first kappa shape index (κ1) is 16.6. The Morgan fingerprint density at radius 3 is 2.63 bits per heavy atom. The summed E-state index contributed by atoms with van der Waals surface area (Å²) in [5.74, 6) is -0.245. The van der Waals surface area contributed by atoms with Gasteiger partial charge in [-0.25, -0.2) is 9.78 Å². The minimum Gasteiger partial charge on any atom is -0.397 e. The molecule has 2 aromatic carbocycles. The molecule has 0 saturated heterocycles. The van der Waals surface area contributed by atoms with Crippen molar-refractivity contribution in [3.63, 3.8) is 0 Å². The van der Waals surface area contributed by atoms with Crippen LogP contribution < -0.4 is 16.7 Å². The Morgan fingerprint density at radius 2 is 1.85 bits per heavy atom. The number of pyridine rings is 1. The van der Waals surface area contributed by atoms with E-state index in [1.54, 1.807) is 47.2 Å². The number of amides is 1. The number of para-hydroxylation sites is 2. The van der Waals surface area contributed by atoms with Gasteiger partial charge in [0.2, 0.25) is 0 Å². The molecule has 7 heteroatoms. The number of fused-ring (bicyclic) bond motifs is 1. The maximum absolute atomic E-state index is 12.4. The number of anilines is 2. The number of nitrogens with one attached hydrogen (secondary N) is 2. The highest BCUT2D eigenvalue weighted by Crippen LogP contribution is 2.18. The van der Waals surface area contributed by atoms with Crippen molar-refractivity contribution in [2.24, 2.45) is 0 Å². The van der Waals surface area contributed by atoms with Gasteiger partial charge in [-0.05, 0) is 42.0 Å². The number of carbonyl (C=O) groups is 1. The Bertz CT molecular complexity index is 1170. The number of nitrogens with two attached hydrogens (primary N) is 1. The van der Waals surface area contributed by atoms with Crippen molar-refractivity contribution in [2.75, 3.05) is 11.1 Å². The molecular formula is C20H17N5O2. The standard InChI is InChI=1S/C20H17N5O2/c21-15-4-1-2-5-16(15)23-19(26)14-9-7-13(8-10-14)12-25-18-17(24-20(25)27)6-3-11-22-18/h1-11H,12,21H2,(H,23,26)(H,24,27). The van der Waals surface area contributed by atoms with E-state index in [-0.39, 0.29) is 11.6 Å². The molecule has 0 aliphatic heterocycles. The normalized spacial score (nSPS) is 10.8. The number of benzene rings is 2. The lowest BCUT2D eigenvalue weighted by Gasteiger charge is -2.09. The number of hydrogen-bond donors (Lipinski definition) is 3. The first-order chi connectivity index (χ1) is 13.1. The molecular weight excluding hydrogens is 342 g/mol. The Balaban J connectivity index is 1.54. The number of H-pyrrole nitrogens is 1. The van der Waals surface area contributed by atoms with Crippen LogP contribution in [-0.2, 0) is 6.54 Å². The fourth-order valence-corrected chi connectivity index (χ4v) is 2.88. The second-order valence-electron chi connectivity index (χ2n) is 6.13. The molecule has 4 aromatic rings. The summed E-state index contributed by atoms with van der Waals surface area (Å²) < 4.78 is 1.56. The quantitative estimate of drug-likeness (QED) is 0.487. The van der Waals surface area contributed by atoms with Crippen LogP contribution in [0.3, 0.4) is 0 Å². The average molecular weight is 359 g/mol. The zero-order valence-corrected chi connectivity index (χ0v) is 14.3. The second-order valence-corrected chi connectivity index (χ2v) is 6.13. The number of carbonyl (C=O) groups excluding carboxylic acids is 1. The lowest BCUT2D eigenvalue weighted by atomic mass is 10.1. The number of aromatic amines is 1. The van der Waals surface area contributed by atoms with Gasteiger partial charge < -0.3 is 16.0 Å². The van der Waals surface area contributed by atoms with E-state index in [0.717, 1.165) is 5.56 Å². The van der Waals surface area contributed by atoms with Crippen LogP contribution >= 0.6 is 0 Å². The molecule has 4 N–H and O–H groups in total. The van der Waals surface area contributed by atoms with E-state index in [1.807, 2.05) is 24.3 Å². The topological polar surface area (TPSA) is 106 Å². The van der Waals surface area contributed by atoms with Crippen molar-refractivity contribution in [2.45, 2.75) is 6.54 Å². The fourth-order valence-electron chi connectivity index (χ4n) is 2.88. The molecule has 0 bridgehead atoms. The SMILES string of the molecule is Nc1ccccc1NC(=O)c1ccc(Cn2c(=O)[nH]c3cccnc32)cc1. The minimum absolute atomic E-state index is 0.218. The Hall–Kier alpha value is -3.87. The van der Waals surface area contributed by atoms with Gasteiger partial charge in [0.15, 0.2) is 5.65 Å². The highest BCUT2D eigenvalue weighted by Gasteiger charge is 2.10. The smallest absolute Gasteiger partial charge is 0.327 e. The van der Waals surface area contributed by atoms with Gasteiger partial charge >= 0.3 is 5.69 Å². The number of nitrogens with zero attached hydrogens (tertiary/aromatic N) is 2. The van der Waals surface area contributed by atoms with Gasteiger partial charge in [0.25, 0.3) is 5.91 Å². The molecule has 134 valence electrons. The molecule has 7 nitrogen and oxygen atoms in total. The first-order valence-corrected chi connectivity index (χ1v) is 8.40. The third kappa shape index (κ3) is 3.30. The van der Waals surface area contributed by atoms with Crippen LogP contribution in [-0.4, -0.2) is 20.4 Å². The summed E-state index contributed by atoms with van der Waals surface area (Å²) in [6, 6.07) is 17.7. The highest BCUT2D eigenvalue weighted by atomic mass is 16.2. The molecule has 0 unspecified atom stereocenters. The summed E-state index contributed by atoms with van der Waals surface area (Å²) in [5, 5.41) is 2.79. The lowest BCUT2D eigenvalue weighted by molar-refractivity contribution is 0.102. The summed E-state index contributed by atoms with van der Waals surface area (Å²) in [6.45, 7) is 0.364. The van der Waals surface area contributed by atoms with Gasteiger partial charge in [-0.15, -0.1) is 0 Å². The molecule has 27 heavy (non-hydrogen) atoms. The van der Waals surface area contributed by atoms with Gasteiger partial charge in [0.05, 0.1) is 23.4 Å². The van der Waals surface area contributed by atoms with Crippen molar-refractivity contribution in [1.82, 2.24) is 14.5 Å². The van der Waals surface area contributed by atoms with Crippen LogP contribution in [0, 0.1) is 0 Å². The van der Waals surface area contributed by atoms with Crippen LogP contribution in [0.25, 0.3) is 11.2 Å². The lowest BCUT2D eigenvalue weighted by Crippen LogP contribution is -2.18. The largest absolute Gasteiger partial charge is 0.397 e. The van der Waals surface area contributed by atoms with Crippen LogP contribution in [0.15, 0.2) is 71.7 Å². The van der Waals surface area contributed by atoms with E-state index in [4.69, 9.17) is 5.73 Å². The number of imidazole rings is 1. The summed E-state index contributed by atoms with van der Waals surface area (Å²) in [6.07, 6.45) is 1.65. The number of hydrogen-bond acceptors (Lipinski definition) is 4. The van der Waals surface area contributed by atoms with Crippen LogP contribution in [0.5, 0.6) is 0 Å². The monoisotopic (exact) mass is 359 g/mol. The molecule has 0 aliphatic rings. The minimum atomic E-state index is -0.245. The molecule has 0 atom stereocenters. The molecule has 2 heterocycles. The average Bonchev–Trinajstić information content (AvgIpc) is 2.99. The van der Waals surface area contributed by atoms with E-state index in [2.05, 4.69) is 15.3 Å². The number of nitrogen functional groups attached to an aromatic ring is 1. The second kappa shape index (κ2) is 6.80. The third-order valence-electron chi connectivity index (χ3n) is 4.29. The van der Waals surface area contributed by atoms with E-state index >= 15 is 0 Å². The molecule has 0 aliphatic carbocycles. The maximum Gasteiger partial charge on any atom is 0.327 e. The van der Waals surface area contributed by atoms with Gasteiger partial charge in [0, 0.05) is 11.8 Å².